The fourth-order valence-electron chi connectivity index (χ4n) is 5.44. The molecule has 41 heavy (non-hydrogen) atoms. The molecule has 1 aliphatic heterocycles. The van der Waals surface area contributed by atoms with E-state index in [1.54, 1.807) is 4.90 Å². The van der Waals surface area contributed by atoms with E-state index < -0.39 is 0 Å². The van der Waals surface area contributed by atoms with Crippen molar-refractivity contribution in [1.82, 2.24) is 30.0 Å². The number of hydrogen-bond donors (Lipinski definition) is 2. The molecule has 5 heterocycles. The molecule has 4 aromatic heterocycles. The van der Waals surface area contributed by atoms with E-state index in [4.69, 9.17) is 19.2 Å². The Hall–Kier alpha value is -4.73. The summed E-state index contributed by atoms with van der Waals surface area (Å²) in [5, 5.41) is 8.48. The normalized spacial score (nSPS) is 17.1. The van der Waals surface area contributed by atoms with Gasteiger partial charge in [-0.25, -0.2) is 19.7 Å². The first-order chi connectivity index (χ1) is 19.9. The maximum absolute atomic E-state index is 12.9. The number of aromatic nitrogens is 5. The summed E-state index contributed by atoms with van der Waals surface area (Å²) < 4.78 is 10.9. The second-order valence-corrected chi connectivity index (χ2v) is 10.7. The molecule has 0 spiro atoms. The van der Waals surface area contributed by atoms with Crippen molar-refractivity contribution in [3.63, 3.8) is 0 Å². The molecule has 210 valence electrons. The number of carbonyl (C=O) groups excluding carboxylic acids is 1. The zero-order chi connectivity index (χ0) is 28.5. The van der Waals surface area contributed by atoms with Crippen molar-refractivity contribution >= 4 is 23.1 Å². The molecular formula is C31H33N7O3. The van der Waals surface area contributed by atoms with Gasteiger partial charge in [-0.05, 0) is 63.8 Å². The lowest BCUT2D eigenvalue weighted by molar-refractivity contribution is 0.0695. The fraction of sp³-hybridized carbons (Fsp3) is 0.323. The van der Waals surface area contributed by atoms with Crippen molar-refractivity contribution in [1.29, 1.82) is 0 Å². The smallest absolute Gasteiger partial charge is 0.410 e. The predicted octanol–water partition coefficient (Wildman–Crippen LogP) is 6.20. The third-order valence-corrected chi connectivity index (χ3v) is 7.71. The van der Waals surface area contributed by atoms with Gasteiger partial charge in [-0.2, -0.15) is 0 Å². The third kappa shape index (κ3) is 5.37. The SMILES string of the molecule is Cc1cnc(N[C@H]2CC[C@H](C)N(C(=O)OCc3ccccc3)C2)nc1-c1c[nH]c2nc(-c3c(C)noc3C)ccc12. The summed E-state index contributed by atoms with van der Waals surface area (Å²) in [5.41, 5.74) is 6.98. The minimum Gasteiger partial charge on any atom is -0.445 e. The largest absolute Gasteiger partial charge is 0.445 e. The van der Waals surface area contributed by atoms with Crippen molar-refractivity contribution in [2.75, 3.05) is 11.9 Å². The van der Waals surface area contributed by atoms with E-state index in [9.17, 15) is 4.79 Å². The van der Waals surface area contributed by atoms with Crippen LogP contribution in [0.25, 0.3) is 33.5 Å². The van der Waals surface area contributed by atoms with E-state index in [0.29, 0.717) is 12.5 Å². The Morgan fingerprint density at radius 2 is 1.95 bits per heavy atom. The number of pyridine rings is 1. The molecule has 5 aromatic rings. The number of aromatic amines is 1. The summed E-state index contributed by atoms with van der Waals surface area (Å²) >= 11 is 0. The van der Waals surface area contributed by atoms with E-state index in [-0.39, 0.29) is 24.8 Å². The number of anilines is 1. The van der Waals surface area contributed by atoms with Crippen molar-refractivity contribution in [2.24, 2.45) is 0 Å². The monoisotopic (exact) mass is 551 g/mol. The first-order valence-electron chi connectivity index (χ1n) is 13.9. The highest BCUT2D eigenvalue weighted by Crippen LogP contribution is 2.33. The number of benzene rings is 1. The van der Waals surface area contributed by atoms with Gasteiger partial charge in [0.05, 0.1) is 22.6 Å². The van der Waals surface area contributed by atoms with Crippen LogP contribution in [0, 0.1) is 20.8 Å². The van der Waals surface area contributed by atoms with Gasteiger partial charge in [0.15, 0.2) is 0 Å². The maximum Gasteiger partial charge on any atom is 0.410 e. The predicted molar refractivity (Wildman–Crippen MR) is 156 cm³/mol. The lowest BCUT2D eigenvalue weighted by atomic mass is 10.00. The van der Waals surface area contributed by atoms with Gasteiger partial charge >= 0.3 is 6.09 Å². The van der Waals surface area contributed by atoms with Gasteiger partial charge in [-0.15, -0.1) is 0 Å². The van der Waals surface area contributed by atoms with Crippen molar-refractivity contribution in [3.05, 3.63) is 77.4 Å². The minimum atomic E-state index is -0.305. The molecule has 1 saturated heterocycles. The van der Waals surface area contributed by atoms with Crippen molar-refractivity contribution < 1.29 is 14.1 Å². The Morgan fingerprint density at radius 1 is 1.12 bits per heavy atom. The topological polar surface area (TPSA) is 122 Å². The number of aryl methyl sites for hydroxylation is 3. The summed E-state index contributed by atoms with van der Waals surface area (Å²) in [7, 11) is 0. The summed E-state index contributed by atoms with van der Waals surface area (Å²) in [6.07, 6.45) is 5.21. The fourth-order valence-corrected chi connectivity index (χ4v) is 5.44. The number of amides is 1. The minimum absolute atomic E-state index is 0.00766. The molecular weight excluding hydrogens is 518 g/mol. The molecule has 10 nitrogen and oxygen atoms in total. The Morgan fingerprint density at radius 3 is 2.73 bits per heavy atom. The van der Waals surface area contributed by atoms with Gasteiger partial charge in [-0.1, -0.05) is 35.5 Å². The number of H-pyrrole nitrogens is 1. The van der Waals surface area contributed by atoms with Gasteiger partial charge in [0.2, 0.25) is 5.95 Å². The number of piperidine rings is 1. The van der Waals surface area contributed by atoms with Gasteiger partial charge in [-0.3, -0.25) is 0 Å². The number of carbonyl (C=O) groups is 1. The van der Waals surface area contributed by atoms with Crippen LogP contribution >= 0.6 is 0 Å². The Kier molecular flexibility index (Phi) is 7.13. The van der Waals surface area contributed by atoms with Gasteiger partial charge in [0.1, 0.15) is 18.0 Å². The van der Waals surface area contributed by atoms with Crippen LogP contribution in [0.3, 0.4) is 0 Å². The molecule has 10 heteroatoms. The van der Waals surface area contributed by atoms with Crippen LogP contribution in [-0.4, -0.2) is 54.7 Å². The quantitative estimate of drug-likeness (QED) is 0.256. The first kappa shape index (κ1) is 26.5. The molecule has 2 atom stereocenters. The number of rotatable bonds is 6. The molecule has 0 bridgehead atoms. The molecule has 0 unspecified atom stereocenters. The second kappa shape index (κ2) is 11.0. The highest BCUT2D eigenvalue weighted by atomic mass is 16.6. The Labute approximate surface area is 238 Å². The van der Waals surface area contributed by atoms with Crippen LogP contribution in [-0.2, 0) is 11.3 Å². The van der Waals surface area contributed by atoms with E-state index >= 15 is 0 Å². The summed E-state index contributed by atoms with van der Waals surface area (Å²) in [6.45, 7) is 8.63. The molecule has 0 aliphatic carbocycles. The third-order valence-electron chi connectivity index (χ3n) is 7.71. The van der Waals surface area contributed by atoms with E-state index in [2.05, 4.69) is 27.4 Å². The molecule has 1 aliphatic rings. The highest BCUT2D eigenvalue weighted by Gasteiger charge is 2.30. The number of fused-ring (bicyclic) bond motifs is 1. The molecule has 1 fully saturated rings. The van der Waals surface area contributed by atoms with Crippen LogP contribution in [0.1, 0.15) is 42.3 Å². The van der Waals surface area contributed by atoms with Crippen LogP contribution in [0.15, 0.2) is 59.4 Å². The van der Waals surface area contributed by atoms with E-state index in [1.807, 2.05) is 75.6 Å². The average molecular weight is 552 g/mol. The maximum atomic E-state index is 12.9. The molecule has 6 rings (SSSR count). The number of nitrogens with one attached hydrogen (secondary N) is 2. The Balaban J connectivity index is 1.19. The lowest BCUT2D eigenvalue weighted by Gasteiger charge is -2.37. The molecule has 1 aromatic carbocycles. The first-order valence-corrected chi connectivity index (χ1v) is 13.9. The second-order valence-electron chi connectivity index (χ2n) is 10.7. The molecule has 1 amide bonds. The lowest BCUT2D eigenvalue weighted by Crippen LogP contribution is -2.50. The van der Waals surface area contributed by atoms with Crippen LogP contribution < -0.4 is 5.32 Å². The van der Waals surface area contributed by atoms with Crippen LogP contribution in [0.4, 0.5) is 10.7 Å². The van der Waals surface area contributed by atoms with E-state index in [1.165, 1.54) is 0 Å². The van der Waals surface area contributed by atoms with Gasteiger partial charge in [0.25, 0.3) is 0 Å². The summed E-state index contributed by atoms with van der Waals surface area (Å²) in [4.78, 5) is 32.3. The standard InChI is InChI=1S/C31H33N7O3/c1-18-14-33-30(34-23-11-10-19(2)38(16-23)31(39)40-17-22-8-6-5-7-9-22)36-28(18)25-15-32-29-24(25)12-13-26(35-29)27-20(3)37-41-21(27)4/h5-9,12-15,19,23H,10-11,16-17H2,1-4H3,(H,32,35)(H,33,34,36)/t19-,23-/m0/s1. The number of hydrogen-bond acceptors (Lipinski definition) is 8. The highest BCUT2D eigenvalue weighted by molar-refractivity contribution is 5.94. The molecule has 0 saturated carbocycles. The van der Waals surface area contributed by atoms with Crippen LogP contribution in [0.2, 0.25) is 0 Å². The zero-order valence-electron chi connectivity index (χ0n) is 23.6. The van der Waals surface area contributed by atoms with Crippen molar-refractivity contribution in [2.45, 2.75) is 59.2 Å². The van der Waals surface area contributed by atoms with Gasteiger partial charge < -0.3 is 24.5 Å². The average Bonchev–Trinajstić information content (AvgIpc) is 3.55. The zero-order valence-corrected chi connectivity index (χ0v) is 23.6. The van der Waals surface area contributed by atoms with Crippen molar-refractivity contribution in [3.8, 4) is 22.5 Å². The van der Waals surface area contributed by atoms with E-state index in [0.717, 1.165) is 69.0 Å². The Bertz CT molecular complexity index is 1680. The van der Waals surface area contributed by atoms with Crippen LogP contribution in [0.5, 0.6) is 0 Å². The summed E-state index contributed by atoms with van der Waals surface area (Å²) in [5.74, 6) is 1.26. The summed E-state index contributed by atoms with van der Waals surface area (Å²) in [6, 6.07) is 13.9. The number of likely N-dealkylation sites (tertiary alicyclic amines) is 1. The van der Waals surface area contributed by atoms with Gasteiger partial charge in [0, 0.05) is 42.0 Å². The number of nitrogens with zero attached hydrogens (tertiary/aromatic N) is 5. The molecule has 0 radical (unpaired) electrons. The number of ether oxygens (including phenoxy) is 1. The molecule has 2 N–H and O–H groups in total.